The fraction of sp³-hybridized carbons (Fsp3) is 0.323. The van der Waals surface area contributed by atoms with E-state index < -0.39 is 0 Å². The van der Waals surface area contributed by atoms with E-state index in [1.807, 2.05) is 0 Å². The van der Waals surface area contributed by atoms with Crippen molar-refractivity contribution >= 4 is 38.6 Å². The van der Waals surface area contributed by atoms with Gasteiger partial charge in [-0.15, -0.1) is 0 Å². The second-order valence-electron chi connectivity index (χ2n) is 11.1. The summed E-state index contributed by atoms with van der Waals surface area (Å²) in [5, 5.41) is 13.2. The summed E-state index contributed by atoms with van der Waals surface area (Å²) >= 11 is 0. The zero-order valence-electron chi connectivity index (χ0n) is 18.9. The average molecular weight is 429 g/mol. The summed E-state index contributed by atoms with van der Waals surface area (Å²) in [6.07, 6.45) is 8.38. The van der Waals surface area contributed by atoms with Gasteiger partial charge >= 0.3 is 0 Å². The number of fused-ring (bicyclic) bond motifs is 2. The van der Waals surface area contributed by atoms with Crippen molar-refractivity contribution in [2.75, 3.05) is 5.01 Å². The summed E-state index contributed by atoms with van der Waals surface area (Å²) in [5.74, 6) is 2.71. The van der Waals surface area contributed by atoms with Crippen LogP contribution in [-0.2, 0) is 0 Å². The van der Waals surface area contributed by atoms with E-state index in [-0.39, 0.29) is 5.41 Å². The van der Waals surface area contributed by atoms with Crippen molar-refractivity contribution in [1.29, 1.82) is 0 Å². The maximum absolute atomic E-state index is 5.57. The van der Waals surface area contributed by atoms with Crippen molar-refractivity contribution in [2.45, 2.75) is 38.5 Å². The van der Waals surface area contributed by atoms with E-state index in [1.54, 1.807) is 0 Å². The number of rotatable bonds is 2. The van der Waals surface area contributed by atoms with Crippen LogP contribution in [0.5, 0.6) is 0 Å². The molecular weight excluding hydrogens is 400 g/mol. The number of hydrogen-bond donors (Lipinski definition) is 0. The van der Waals surface area contributed by atoms with Gasteiger partial charge in [-0.2, -0.15) is 5.10 Å². The standard InChI is InChI=1S/C31H28N2/c1-2-8-24(9-3-1)33-28-16-23-7-4-5-10-25(23)26-11-6-12-27(29(26)28)30(32-33)31-17-20-13-21(18-31)15-22(14-20)19-31/h1-12,16,20-22H,13-15,17-19H2. The van der Waals surface area contributed by atoms with E-state index in [0.29, 0.717) is 0 Å². The zero-order valence-corrected chi connectivity index (χ0v) is 18.9. The van der Waals surface area contributed by atoms with Gasteiger partial charge in [0.05, 0.1) is 17.1 Å². The molecule has 0 saturated heterocycles. The molecule has 2 nitrogen and oxygen atoms in total. The predicted octanol–water partition coefficient (Wildman–Crippen LogP) is 8.07. The summed E-state index contributed by atoms with van der Waals surface area (Å²) in [4.78, 5) is 0. The Kier molecular flexibility index (Phi) is 3.59. The Morgan fingerprint density at radius 3 is 2.12 bits per heavy atom. The van der Waals surface area contributed by atoms with Gasteiger partial charge in [-0.3, -0.25) is 0 Å². The van der Waals surface area contributed by atoms with Gasteiger partial charge in [0, 0.05) is 16.4 Å². The molecule has 0 N–H and O–H groups in total. The molecule has 0 radical (unpaired) electrons. The molecule has 4 saturated carbocycles. The summed E-state index contributed by atoms with van der Waals surface area (Å²) in [7, 11) is 0. The average Bonchev–Trinajstić information content (AvgIpc) is 2.84. The van der Waals surface area contributed by atoms with Gasteiger partial charge in [-0.25, -0.2) is 5.01 Å². The lowest BCUT2D eigenvalue weighted by Gasteiger charge is -2.57. The van der Waals surface area contributed by atoms with Crippen LogP contribution < -0.4 is 5.01 Å². The molecule has 4 aromatic carbocycles. The lowest BCUT2D eigenvalue weighted by molar-refractivity contribution is -0.0121. The van der Waals surface area contributed by atoms with Crippen molar-refractivity contribution in [3.05, 3.63) is 84.4 Å². The summed E-state index contributed by atoms with van der Waals surface area (Å²) < 4.78 is 0. The second-order valence-corrected chi connectivity index (χ2v) is 11.1. The first-order chi connectivity index (χ1) is 16.3. The van der Waals surface area contributed by atoms with Crippen LogP contribution in [0.1, 0.15) is 44.1 Å². The minimum Gasteiger partial charge on any atom is -0.233 e. The Balaban J connectivity index is 1.44. The predicted molar refractivity (Wildman–Crippen MR) is 137 cm³/mol. The molecule has 1 aliphatic heterocycles. The molecule has 5 aliphatic rings. The van der Waals surface area contributed by atoms with E-state index >= 15 is 0 Å². The van der Waals surface area contributed by atoms with E-state index in [9.17, 15) is 0 Å². The molecule has 1 heterocycles. The molecule has 0 spiro atoms. The Hall–Kier alpha value is -3.13. The van der Waals surface area contributed by atoms with Crippen LogP contribution in [0, 0.1) is 23.2 Å². The third kappa shape index (κ3) is 2.52. The number of hydrogen-bond acceptors (Lipinski definition) is 2. The number of hydrazone groups is 1. The largest absolute Gasteiger partial charge is 0.233 e. The molecule has 4 aromatic rings. The topological polar surface area (TPSA) is 15.6 Å². The van der Waals surface area contributed by atoms with Crippen molar-refractivity contribution in [2.24, 2.45) is 28.3 Å². The first kappa shape index (κ1) is 18.3. The molecule has 4 aliphatic carbocycles. The highest BCUT2D eigenvalue weighted by atomic mass is 15.5. The van der Waals surface area contributed by atoms with Gasteiger partial charge in [0.2, 0.25) is 0 Å². The molecule has 0 unspecified atom stereocenters. The quantitative estimate of drug-likeness (QED) is 0.295. The zero-order chi connectivity index (χ0) is 21.6. The molecule has 4 bridgehead atoms. The molecule has 33 heavy (non-hydrogen) atoms. The van der Waals surface area contributed by atoms with E-state index in [1.165, 1.54) is 77.0 Å². The number of para-hydroxylation sites is 1. The summed E-state index contributed by atoms with van der Waals surface area (Å²) in [6, 6.07) is 28.9. The fourth-order valence-corrected chi connectivity index (χ4v) is 8.27. The van der Waals surface area contributed by atoms with Crippen LogP contribution in [0.2, 0.25) is 0 Å². The first-order valence-electron chi connectivity index (χ1n) is 12.7. The smallest absolute Gasteiger partial charge is 0.0755 e. The second kappa shape index (κ2) is 6.47. The monoisotopic (exact) mass is 428 g/mol. The summed E-state index contributed by atoms with van der Waals surface area (Å²) in [6.45, 7) is 0. The van der Waals surface area contributed by atoms with Gasteiger partial charge < -0.3 is 0 Å². The first-order valence-corrected chi connectivity index (χ1v) is 12.7. The fourth-order valence-electron chi connectivity index (χ4n) is 8.27. The third-order valence-corrected chi connectivity index (χ3v) is 9.09. The Bertz CT molecular complexity index is 1410. The van der Waals surface area contributed by atoms with Gasteiger partial charge in [0.1, 0.15) is 0 Å². The Morgan fingerprint density at radius 1 is 0.697 bits per heavy atom. The minimum absolute atomic E-state index is 0.249. The van der Waals surface area contributed by atoms with Crippen LogP contribution in [0.4, 0.5) is 11.4 Å². The van der Waals surface area contributed by atoms with E-state index in [2.05, 4.69) is 83.9 Å². The molecule has 9 rings (SSSR count). The highest BCUT2D eigenvalue weighted by molar-refractivity contribution is 6.25. The van der Waals surface area contributed by atoms with E-state index in [4.69, 9.17) is 5.10 Å². The van der Waals surface area contributed by atoms with Crippen molar-refractivity contribution in [3.63, 3.8) is 0 Å². The van der Waals surface area contributed by atoms with Gasteiger partial charge in [0.25, 0.3) is 0 Å². The van der Waals surface area contributed by atoms with Crippen LogP contribution in [0.3, 0.4) is 0 Å². The molecule has 2 heteroatoms. The summed E-state index contributed by atoms with van der Waals surface area (Å²) in [5.41, 5.74) is 5.39. The van der Waals surface area contributed by atoms with Crippen LogP contribution in [0.15, 0.2) is 84.0 Å². The van der Waals surface area contributed by atoms with Crippen molar-refractivity contribution in [1.82, 2.24) is 0 Å². The minimum atomic E-state index is 0.249. The Morgan fingerprint density at radius 2 is 1.36 bits per heavy atom. The maximum atomic E-state index is 5.57. The SMILES string of the molecule is c1ccc(N2N=C(C34CC5CC(CC(C5)C3)C4)c3cccc4c3c2cc2ccccc24)cc1. The van der Waals surface area contributed by atoms with Crippen LogP contribution >= 0.6 is 0 Å². The normalized spacial score (nSPS) is 29.6. The molecule has 0 amide bonds. The third-order valence-electron chi connectivity index (χ3n) is 9.09. The van der Waals surface area contributed by atoms with Crippen molar-refractivity contribution < 1.29 is 0 Å². The maximum Gasteiger partial charge on any atom is 0.0755 e. The molecule has 162 valence electrons. The lowest BCUT2D eigenvalue weighted by atomic mass is 9.48. The van der Waals surface area contributed by atoms with Crippen molar-refractivity contribution in [3.8, 4) is 0 Å². The molecule has 0 atom stereocenters. The number of anilines is 2. The molecule has 0 aromatic heterocycles. The molecule has 4 fully saturated rings. The van der Waals surface area contributed by atoms with Gasteiger partial charge in [-0.05, 0) is 90.6 Å². The van der Waals surface area contributed by atoms with Crippen LogP contribution in [-0.4, -0.2) is 5.71 Å². The number of benzene rings is 4. The number of nitrogens with zero attached hydrogens (tertiary/aromatic N) is 2. The van der Waals surface area contributed by atoms with Gasteiger partial charge in [0.15, 0.2) is 0 Å². The highest BCUT2D eigenvalue weighted by Crippen LogP contribution is 2.62. The van der Waals surface area contributed by atoms with Gasteiger partial charge in [-0.1, -0.05) is 60.7 Å². The van der Waals surface area contributed by atoms with E-state index in [0.717, 1.165) is 23.4 Å². The molecular formula is C31H28N2. The lowest BCUT2D eigenvalue weighted by Crippen LogP contribution is -2.51. The Labute approximate surface area is 194 Å². The van der Waals surface area contributed by atoms with Crippen LogP contribution in [0.25, 0.3) is 21.5 Å². The highest BCUT2D eigenvalue weighted by Gasteiger charge is 2.54.